The van der Waals surface area contributed by atoms with Crippen molar-refractivity contribution in [2.45, 2.75) is 6.61 Å². The molecule has 10 nitrogen and oxygen atoms in total. The number of fused-ring (bicyclic) bond motifs is 1. The Morgan fingerprint density at radius 2 is 1.66 bits per heavy atom. The van der Waals surface area contributed by atoms with E-state index in [0.29, 0.717) is 28.2 Å². The van der Waals surface area contributed by atoms with Crippen molar-refractivity contribution in [3.63, 3.8) is 0 Å². The number of carbonyl (C=O) groups excluding carboxylic acids is 2. The minimum atomic E-state index is -0.610. The molecule has 0 aliphatic rings. The van der Waals surface area contributed by atoms with Crippen LogP contribution in [-0.4, -0.2) is 39.7 Å². The highest BCUT2D eigenvalue weighted by molar-refractivity contribution is 5.99. The molecule has 0 aliphatic heterocycles. The maximum Gasteiger partial charge on any atom is 0.287 e. The Hall–Kier alpha value is -5.09. The van der Waals surface area contributed by atoms with Crippen LogP contribution in [0.5, 0.6) is 11.5 Å². The number of nitrogens with one attached hydrogen (secondary N) is 2. The minimum Gasteiger partial charge on any atom is -0.492 e. The monoisotopic (exact) mass is 512 g/mol. The Bertz CT molecular complexity index is 1530. The molecule has 0 saturated carbocycles. The van der Waals surface area contributed by atoms with Crippen LogP contribution in [0.3, 0.4) is 0 Å². The van der Waals surface area contributed by atoms with E-state index in [2.05, 4.69) is 10.3 Å². The first-order valence-electron chi connectivity index (χ1n) is 11.8. The van der Waals surface area contributed by atoms with Crippen LogP contribution in [0, 0.1) is 0 Å². The summed E-state index contributed by atoms with van der Waals surface area (Å²) in [5, 5.41) is 12.3. The molecule has 2 heterocycles. The number of ether oxygens (including phenoxy) is 2. The highest BCUT2D eigenvalue weighted by Crippen LogP contribution is 2.27. The van der Waals surface area contributed by atoms with Crippen LogP contribution < -0.4 is 20.3 Å². The number of rotatable bonds is 10. The normalized spacial score (nSPS) is 10.8. The molecule has 5 aromatic rings. The van der Waals surface area contributed by atoms with Crippen molar-refractivity contribution in [1.82, 2.24) is 20.3 Å². The summed E-state index contributed by atoms with van der Waals surface area (Å²) in [5.74, 6) is 0.363. The molecule has 2 amide bonds. The van der Waals surface area contributed by atoms with Crippen molar-refractivity contribution in [3.8, 4) is 17.2 Å². The van der Waals surface area contributed by atoms with Gasteiger partial charge >= 0.3 is 0 Å². The highest BCUT2D eigenvalue weighted by Gasteiger charge is 2.21. The maximum atomic E-state index is 13.0. The predicted molar refractivity (Wildman–Crippen MR) is 138 cm³/mol. The number of amides is 2. The highest BCUT2D eigenvalue weighted by atomic mass is 16.5. The molecule has 3 aromatic carbocycles. The SMILES string of the molecule is O=C(NO)c1ccc(OCCNC(=O)c2oc3ccccc3c2COc2ccc(-n3ccnc3)cc2)cc1. The minimum absolute atomic E-state index is 0.147. The smallest absolute Gasteiger partial charge is 0.287 e. The Labute approximate surface area is 217 Å². The van der Waals surface area contributed by atoms with E-state index in [0.717, 1.165) is 11.1 Å². The van der Waals surface area contributed by atoms with Crippen molar-refractivity contribution in [3.05, 3.63) is 108 Å². The van der Waals surface area contributed by atoms with Gasteiger partial charge in [-0.25, -0.2) is 10.5 Å². The van der Waals surface area contributed by atoms with Crippen LogP contribution in [0.15, 0.2) is 95.9 Å². The van der Waals surface area contributed by atoms with Crippen LogP contribution in [0.1, 0.15) is 26.5 Å². The zero-order valence-corrected chi connectivity index (χ0v) is 20.2. The Kier molecular flexibility index (Phi) is 7.32. The average molecular weight is 513 g/mol. The third-order valence-electron chi connectivity index (χ3n) is 5.80. The number of para-hydroxylation sites is 1. The Balaban J connectivity index is 1.21. The van der Waals surface area contributed by atoms with E-state index in [1.807, 2.05) is 53.2 Å². The fourth-order valence-electron chi connectivity index (χ4n) is 3.89. The fraction of sp³-hybridized carbons (Fsp3) is 0.107. The first-order chi connectivity index (χ1) is 18.6. The molecule has 0 spiro atoms. The third-order valence-corrected chi connectivity index (χ3v) is 5.80. The second kappa shape index (κ2) is 11.3. The van der Waals surface area contributed by atoms with Gasteiger partial charge in [-0.1, -0.05) is 18.2 Å². The summed E-state index contributed by atoms with van der Waals surface area (Å²) in [7, 11) is 0. The zero-order chi connectivity index (χ0) is 26.3. The van der Waals surface area contributed by atoms with E-state index < -0.39 is 5.91 Å². The Morgan fingerprint density at radius 3 is 2.39 bits per heavy atom. The zero-order valence-electron chi connectivity index (χ0n) is 20.2. The standard InChI is InChI=1S/C28H24N4O6/c33-27(31-35)19-5-9-21(10-6-19)36-16-14-30-28(34)26-24(23-3-1-2-4-25(23)38-26)17-37-22-11-7-20(8-12-22)32-15-13-29-18-32/h1-13,15,18,35H,14,16-17H2,(H,30,34)(H,31,33). The molecule has 5 rings (SSSR count). The summed E-state index contributed by atoms with van der Waals surface area (Å²) < 4.78 is 19.4. The van der Waals surface area contributed by atoms with Crippen LogP contribution >= 0.6 is 0 Å². The summed E-state index contributed by atoms with van der Waals surface area (Å²) >= 11 is 0. The van der Waals surface area contributed by atoms with E-state index in [1.165, 1.54) is 12.1 Å². The molecule has 0 atom stereocenters. The number of hydroxylamine groups is 1. The van der Waals surface area contributed by atoms with Gasteiger partial charge in [-0.15, -0.1) is 0 Å². The van der Waals surface area contributed by atoms with Crippen LogP contribution in [0.2, 0.25) is 0 Å². The van der Waals surface area contributed by atoms with E-state index in [1.54, 1.807) is 36.2 Å². The molecule has 38 heavy (non-hydrogen) atoms. The molecule has 0 saturated heterocycles. The van der Waals surface area contributed by atoms with Crippen LogP contribution in [0.25, 0.3) is 16.7 Å². The fourth-order valence-corrected chi connectivity index (χ4v) is 3.89. The Morgan fingerprint density at radius 1 is 0.921 bits per heavy atom. The van der Waals surface area contributed by atoms with Crippen molar-refractivity contribution in [2.75, 3.05) is 13.2 Å². The molecule has 0 aliphatic carbocycles. The summed E-state index contributed by atoms with van der Waals surface area (Å²) in [6.45, 7) is 0.575. The number of hydrogen-bond acceptors (Lipinski definition) is 7. The molecule has 2 aromatic heterocycles. The second-order valence-electron chi connectivity index (χ2n) is 8.23. The number of furan rings is 1. The van der Waals surface area contributed by atoms with Crippen molar-refractivity contribution >= 4 is 22.8 Å². The number of benzene rings is 3. The van der Waals surface area contributed by atoms with Crippen molar-refractivity contribution in [1.29, 1.82) is 0 Å². The number of aromatic nitrogens is 2. The first-order valence-corrected chi connectivity index (χ1v) is 11.8. The number of hydrogen-bond donors (Lipinski definition) is 3. The third kappa shape index (κ3) is 5.50. The number of imidazole rings is 1. The molecular formula is C28H24N4O6. The summed E-state index contributed by atoms with van der Waals surface area (Å²) in [6.07, 6.45) is 5.29. The predicted octanol–water partition coefficient (Wildman–Crippen LogP) is 4.13. The molecule has 10 heteroatoms. The van der Waals surface area contributed by atoms with Gasteiger partial charge in [0, 0.05) is 34.6 Å². The van der Waals surface area contributed by atoms with Gasteiger partial charge in [0.25, 0.3) is 11.8 Å². The van der Waals surface area contributed by atoms with Crippen LogP contribution in [-0.2, 0) is 6.61 Å². The number of carbonyl (C=O) groups is 2. The summed E-state index contributed by atoms with van der Waals surface area (Å²) in [6, 6.07) is 21.2. The van der Waals surface area contributed by atoms with Gasteiger partial charge in [0.1, 0.15) is 30.3 Å². The lowest BCUT2D eigenvalue weighted by Crippen LogP contribution is -2.28. The lowest BCUT2D eigenvalue weighted by molar-refractivity contribution is 0.0706. The molecule has 3 N–H and O–H groups in total. The summed E-state index contributed by atoms with van der Waals surface area (Å²) in [5.41, 5.74) is 4.06. The molecule has 0 bridgehead atoms. The molecule has 0 unspecified atom stereocenters. The number of nitrogens with zero attached hydrogens (tertiary/aromatic N) is 2. The molecule has 0 fully saturated rings. The maximum absolute atomic E-state index is 13.0. The second-order valence-corrected chi connectivity index (χ2v) is 8.23. The van der Waals surface area contributed by atoms with Gasteiger partial charge in [-0.2, -0.15) is 0 Å². The molecule has 192 valence electrons. The lowest BCUT2D eigenvalue weighted by atomic mass is 10.1. The average Bonchev–Trinajstić information content (AvgIpc) is 3.63. The van der Waals surface area contributed by atoms with E-state index in [-0.39, 0.29) is 31.4 Å². The molecular weight excluding hydrogens is 488 g/mol. The van der Waals surface area contributed by atoms with Gasteiger partial charge < -0.3 is 23.8 Å². The van der Waals surface area contributed by atoms with Gasteiger partial charge in [-0.3, -0.25) is 14.8 Å². The van der Waals surface area contributed by atoms with Crippen molar-refractivity contribution in [2.24, 2.45) is 0 Å². The van der Waals surface area contributed by atoms with Gasteiger partial charge in [0.05, 0.1) is 12.9 Å². The van der Waals surface area contributed by atoms with Gasteiger partial charge in [0.15, 0.2) is 5.76 Å². The summed E-state index contributed by atoms with van der Waals surface area (Å²) in [4.78, 5) is 28.5. The topological polar surface area (TPSA) is 128 Å². The van der Waals surface area contributed by atoms with E-state index >= 15 is 0 Å². The largest absolute Gasteiger partial charge is 0.492 e. The lowest BCUT2D eigenvalue weighted by Gasteiger charge is -2.10. The van der Waals surface area contributed by atoms with E-state index in [4.69, 9.17) is 19.1 Å². The van der Waals surface area contributed by atoms with Crippen molar-refractivity contribution < 1.29 is 28.7 Å². The van der Waals surface area contributed by atoms with E-state index in [9.17, 15) is 9.59 Å². The van der Waals surface area contributed by atoms with Gasteiger partial charge in [-0.05, 0) is 54.6 Å². The first kappa shape index (κ1) is 24.6. The quantitative estimate of drug-likeness (QED) is 0.146. The molecule has 0 radical (unpaired) electrons. The van der Waals surface area contributed by atoms with Gasteiger partial charge in [0.2, 0.25) is 0 Å². The van der Waals surface area contributed by atoms with Crippen LogP contribution in [0.4, 0.5) is 0 Å².